The summed E-state index contributed by atoms with van der Waals surface area (Å²) >= 11 is 0. The molecule has 3 rings (SSSR count). The Kier molecular flexibility index (Phi) is 7.26. The number of hydrogen-bond donors (Lipinski definition) is 0. The molecule has 0 atom stereocenters. The third kappa shape index (κ3) is 4.79. The number of amides is 1. The number of carbonyl (C=O) groups is 1. The fourth-order valence-corrected chi connectivity index (χ4v) is 3.30. The van der Waals surface area contributed by atoms with Crippen LogP contribution < -0.4 is 4.18 Å². The quantitative estimate of drug-likeness (QED) is 0.384. The molecule has 10 nitrogen and oxygen atoms in total. The van der Waals surface area contributed by atoms with Crippen LogP contribution in [0.4, 0.5) is 13.2 Å². The molecular weight excluding hydrogens is 443 g/mol. The average molecular weight is 465 g/mol. The highest BCUT2D eigenvalue weighted by atomic mass is 32.2. The van der Waals surface area contributed by atoms with E-state index in [2.05, 4.69) is 19.2 Å². The summed E-state index contributed by atoms with van der Waals surface area (Å²) in [5, 5.41) is 5.18. The predicted octanol–water partition coefficient (Wildman–Crippen LogP) is 2.25. The number of carbonyl (C=O) groups excluding carboxylic acids is 1. The number of aromatic nitrogens is 4. The van der Waals surface area contributed by atoms with Gasteiger partial charge in [-0.1, -0.05) is 13.8 Å². The van der Waals surface area contributed by atoms with Crippen LogP contribution in [0.2, 0.25) is 0 Å². The molecule has 0 aromatic carbocycles. The van der Waals surface area contributed by atoms with Crippen molar-refractivity contribution in [1.82, 2.24) is 24.8 Å². The summed E-state index contributed by atoms with van der Waals surface area (Å²) in [5.41, 5.74) is -3.93. The van der Waals surface area contributed by atoms with Gasteiger partial charge in [0, 0.05) is 25.9 Å². The fourth-order valence-electron chi connectivity index (χ4n) is 2.92. The number of aryl methyl sites for hydroxylation is 2. The van der Waals surface area contributed by atoms with Crippen molar-refractivity contribution in [2.24, 2.45) is 7.05 Å². The van der Waals surface area contributed by atoms with E-state index in [-0.39, 0.29) is 11.4 Å². The van der Waals surface area contributed by atoms with E-state index in [4.69, 9.17) is 4.84 Å². The second kappa shape index (κ2) is 9.18. The van der Waals surface area contributed by atoms with Gasteiger partial charge in [0.15, 0.2) is 5.69 Å². The van der Waals surface area contributed by atoms with E-state index < -0.39 is 27.5 Å². The molecule has 0 spiro atoms. The highest BCUT2D eigenvalue weighted by molar-refractivity contribution is 7.87. The van der Waals surface area contributed by atoms with Crippen LogP contribution in [-0.4, -0.2) is 58.8 Å². The zero-order chi connectivity index (χ0) is 23.6. The van der Waals surface area contributed by atoms with Crippen molar-refractivity contribution in [1.29, 1.82) is 0 Å². The average Bonchev–Trinajstić information content (AvgIpc) is 2.91. The summed E-state index contributed by atoms with van der Waals surface area (Å²) in [5.74, 6) is -0.516. The van der Waals surface area contributed by atoms with Crippen molar-refractivity contribution >= 4 is 16.0 Å². The van der Waals surface area contributed by atoms with Crippen LogP contribution in [0.5, 0.6) is 6.01 Å². The lowest BCUT2D eigenvalue weighted by molar-refractivity contribution is -0.0761. The summed E-state index contributed by atoms with van der Waals surface area (Å²) in [4.78, 5) is 24.9. The van der Waals surface area contributed by atoms with E-state index >= 15 is 0 Å². The second-order valence-corrected chi connectivity index (χ2v) is 7.69. The zero-order valence-corrected chi connectivity index (χ0v) is 18.3. The Hall–Kier alpha value is -2.74. The van der Waals surface area contributed by atoms with Crippen molar-refractivity contribution in [3.63, 3.8) is 0 Å². The van der Waals surface area contributed by atoms with Gasteiger partial charge in [-0.25, -0.2) is 10.0 Å². The van der Waals surface area contributed by atoms with E-state index in [1.807, 2.05) is 13.8 Å². The number of hydrogen-bond acceptors (Lipinski definition) is 8. The van der Waals surface area contributed by atoms with Gasteiger partial charge in [0.1, 0.15) is 0 Å². The maximum absolute atomic E-state index is 12.6. The molecule has 1 amide bonds. The molecule has 1 aliphatic carbocycles. The van der Waals surface area contributed by atoms with Gasteiger partial charge < -0.3 is 4.18 Å². The third-order valence-electron chi connectivity index (χ3n) is 4.32. The molecule has 0 N–H and O–H groups in total. The predicted molar refractivity (Wildman–Crippen MR) is 102 cm³/mol. The number of halogens is 3. The van der Waals surface area contributed by atoms with E-state index in [0.717, 1.165) is 5.06 Å². The maximum Gasteiger partial charge on any atom is 0.534 e. The van der Waals surface area contributed by atoms with Crippen LogP contribution >= 0.6 is 0 Å². The fraction of sp³-hybridized carbons (Fsp3) is 0.529. The van der Waals surface area contributed by atoms with Crippen molar-refractivity contribution in [3.8, 4) is 17.4 Å². The molecular formula is C17H22F3N5O5S. The molecule has 31 heavy (non-hydrogen) atoms. The van der Waals surface area contributed by atoms with Gasteiger partial charge in [-0.15, -0.1) is 0 Å². The smallest absolute Gasteiger partial charge is 0.337 e. The van der Waals surface area contributed by atoms with Crippen LogP contribution in [0.1, 0.15) is 41.9 Å². The molecule has 172 valence electrons. The van der Waals surface area contributed by atoms with E-state index in [1.165, 1.54) is 32.1 Å². The van der Waals surface area contributed by atoms with Gasteiger partial charge in [-0.05, 0) is 24.8 Å². The molecule has 2 heterocycles. The van der Waals surface area contributed by atoms with Gasteiger partial charge in [-0.3, -0.25) is 14.3 Å². The lowest BCUT2D eigenvalue weighted by atomic mass is 10.1. The second-order valence-electron chi connectivity index (χ2n) is 6.15. The summed E-state index contributed by atoms with van der Waals surface area (Å²) < 4.78 is 65.7. The van der Waals surface area contributed by atoms with Crippen molar-refractivity contribution in [3.05, 3.63) is 23.0 Å². The maximum atomic E-state index is 12.6. The van der Waals surface area contributed by atoms with E-state index in [9.17, 15) is 26.4 Å². The Morgan fingerprint density at radius 1 is 1.26 bits per heavy atom. The highest BCUT2D eigenvalue weighted by Gasteiger charge is 2.49. The summed E-state index contributed by atoms with van der Waals surface area (Å²) in [6.45, 7) is 4.00. The first kappa shape index (κ1) is 24.5. The lowest BCUT2D eigenvalue weighted by Crippen LogP contribution is -2.28. The molecule has 2 aromatic heterocycles. The summed E-state index contributed by atoms with van der Waals surface area (Å²) in [7, 11) is -1.67. The topological polar surface area (TPSA) is 117 Å². The van der Waals surface area contributed by atoms with E-state index in [0.29, 0.717) is 36.1 Å². The van der Waals surface area contributed by atoms with Crippen LogP contribution in [0.25, 0.3) is 11.4 Å². The van der Waals surface area contributed by atoms with Crippen LogP contribution in [-0.2, 0) is 34.8 Å². The SMILES string of the molecule is CC.CON(C)C(=O)c1nn(C)c2c1CCCc1cnc(OS(=O)(=O)C(F)(F)F)nc1-2. The van der Waals surface area contributed by atoms with Crippen molar-refractivity contribution < 1.29 is 35.4 Å². The number of alkyl halides is 3. The van der Waals surface area contributed by atoms with Crippen LogP contribution in [0.3, 0.4) is 0 Å². The van der Waals surface area contributed by atoms with Gasteiger partial charge in [0.25, 0.3) is 5.91 Å². The Balaban J connectivity index is 0.00000166. The first-order chi connectivity index (χ1) is 14.5. The van der Waals surface area contributed by atoms with Crippen molar-refractivity contribution in [2.75, 3.05) is 14.2 Å². The molecule has 0 fully saturated rings. The Morgan fingerprint density at radius 3 is 2.48 bits per heavy atom. The largest absolute Gasteiger partial charge is 0.534 e. The molecule has 14 heteroatoms. The number of hydroxylamine groups is 2. The monoisotopic (exact) mass is 465 g/mol. The standard InChI is InChI=1S/C15H16F3N5O5S.C2H6/c1-22-12-9(11(21-22)13(24)23(2)27-3)6-4-5-8-7-19-14(20-10(8)12)28-29(25,26)15(16,17)18;1-2/h7H,4-6H2,1-3H3;1-2H3. The van der Waals surface area contributed by atoms with E-state index in [1.54, 1.807) is 0 Å². The first-order valence-corrected chi connectivity index (χ1v) is 10.6. The van der Waals surface area contributed by atoms with Crippen LogP contribution in [0, 0.1) is 0 Å². The molecule has 0 saturated heterocycles. The van der Waals surface area contributed by atoms with Gasteiger partial charge in [0.05, 0.1) is 18.5 Å². The highest BCUT2D eigenvalue weighted by Crippen LogP contribution is 2.34. The molecule has 0 unspecified atom stereocenters. The first-order valence-electron chi connectivity index (χ1n) is 9.21. The Morgan fingerprint density at radius 2 is 1.90 bits per heavy atom. The Bertz CT molecular complexity index is 1070. The molecule has 0 bridgehead atoms. The molecule has 0 radical (unpaired) electrons. The van der Waals surface area contributed by atoms with Crippen molar-refractivity contribution in [2.45, 2.75) is 38.6 Å². The molecule has 1 aliphatic rings. The van der Waals surface area contributed by atoms with Crippen LogP contribution in [0.15, 0.2) is 6.20 Å². The number of nitrogens with zero attached hydrogens (tertiary/aromatic N) is 5. The number of rotatable bonds is 4. The molecule has 0 aliphatic heterocycles. The lowest BCUT2D eigenvalue weighted by Gasteiger charge is -2.12. The summed E-state index contributed by atoms with van der Waals surface area (Å²) in [6, 6.07) is -0.975. The van der Waals surface area contributed by atoms with Gasteiger partial charge in [-0.2, -0.15) is 31.7 Å². The third-order valence-corrected chi connectivity index (χ3v) is 5.25. The zero-order valence-electron chi connectivity index (χ0n) is 17.5. The van der Waals surface area contributed by atoms with Gasteiger partial charge >= 0.3 is 21.6 Å². The summed E-state index contributed by atoms with van der Waals surface area (Å²) in [6.07, 6.45) is 2.70. The minimum absolute atomic E-state index is 0.101. The normalized spacial score (nSPS) is 13.3. The Labute approximate surface area is 177 Å². The molecule has 2 aromatic rings. The molecule has 0 saturated carbocycles. The van der Waals surface area contributed by atoms with Gasteiger partial charge in [0.2, 0.25) is 0 Å². The minimum Gasteiger partial charge on any atom is -0.337 e. The minimum atomic E-state index is -5.92. The number of fused-ring (bicyclic) bond motifs is 3.